The largest absolute Gasteiger partial charge is 3.00 e. The molecule has 0 saturated carbocycles. The van der Waals surface area contributed by atoms with Crippen LogP contribution in [0.5, 0.6) is 0 Å². The molecule has 0 aliphatic rings. The van der Waals surface area contributed by atoms with E-state index in [4.69, 9.17) is 35.0 Å². The summed E-state index contributed by atoms with van der Waals surface area (Å²) in [6.45, 7) is 0. The van der Waals surface area contributed by atoms with Gasteiger partial charge < -0.3 is 57.2 Å². The van der Waals surface area contributed by atoms with Gasteiger partial charge in [0.2, 0.25) is 0 Å². The van der Waals surface area contributed by atoms with Gasteiger partial charge in [-0.05, 0) is 0 Å². The monoisotopic (exact) mass is 374 g/mol. The van der Waals surface area contributed by atoms with Gasteiger partial charge in [0.15, 0.2) is 0 Å². The molecule has 0 saturated heterocycles. The van der Waals surface area contributed by atoms with Crippen molar-refractivity contribution in [3.63, 3.8) is 0 Å². The first-order valence-electron chi connectivity index (χ1n) is 1.33. The normalized spacial score (nSPS) is 6.44. The molecular weight excluding hydrogens is 358 g/mol. The summed E-state index contributed by atoms with van der Waals surface area (Å²) in [5.41, 5.74) is 0. The van der Waals surface area contributed by atoms with E-state index >= 15 is 0 Å². The zero-order chi connectivity index (χ0) is 9.00. The van der Waals surface area contributed by atoms with Gasteiger partial charge in [-0.2, -0.15) is 0 Å². The molecule has 18 heavy (non-hydrogen) atoms. The molecule has 1 radical (unpaired) electrons. The molecular formula is H16FeNO14S2. The predicted octanol–water partition coefficient (Wildman–Crippen LogP) is -7.25. The Labute approximate surface area is 112 Å². The van der Waals surface area contributed by atoms with Crippen molar-refractivity contribution >= 4 is 20.8 Å². The van der Waals surface area contributed by atoms with Crippen molar-refractivity contribution in [2.45, 2.75) is 0 Å². The molecule has 16 N–H and O–H groups in total. The summed E-state index contributed by atoms with van der Waals surface area (Å²) in [4.78, 5) is 0. The zero-order valence-corrected chi connectivity index (χ0v) is 11.2. The molecule has 0 bridgehead atoms. The van der Waals surface area contributed by atoms with Crippen LogP contribution in [0.15, 0.2) is 0 Å². The summed E-state index contributed by atoms with van der Waals surface area (Å²) in [5.74, 6) is 0. The smallest absolute Gasteiger partial charge is 0.759 e. The second kappa shape index (κ2) is 30.2. The van der Waals surface area contributed by atoms with Crippen molar-refractivity contribution in [3.05, 3.63) is 0 Å². The maximum absolute atomic E-state index is 8.52. The number of hydrogen-bond donors (Lipinski definition) is 1. The summed E-state index contributed by atoms with van der Waals surface area (Å²) in [6.07, 6.45) is 0. The fraction of sp³-hybridized carbons (Fsp3) is 0. The van der Waals surface area contributed by atoms with E-state index in [1.54, 1.807) is 0 Å². The summed E-state index contributed by atoms with van der Waals surface area (Å²) in [7, 11) is -10.3. The van der Waals surface area contributed by atoms with E-state index in [1.807, 2.05) is 0 Å². The molecule has 0 heterocycles. The first kappa shape index (κ1) is 81.4. The Morgan fingerprint density at radius 2 is 0.500 bits per heavy atom. The molecule has 15 nitrogen and oxygen atoms in total. The number of quaternary nitrogens is 1. The van der Waals surface area contributed by atoms with E-state index in [0.29, 0.717) is 0 Å². The van der Waals surface area contributed by atoms with E-state index in [2.05, 4.69) is 0 Å². The minimum atomic E-state index is -5.17. The Morgan fingerprint density at radius 3 is 0.500 bits per heavy atom. The summed E-state index contributed by atoms with van der Waals surface area (Å²) >= 11 is 0. The average molecular weight is 374 g/mol. The zero-order valence-electron chi connectivity index (χ0n) is 8.44. The fourth-order valence-electron chi connectivity index (χ4n) is 0. The van der Waals surface area contributed by atoms with Crippen LogP contribution in [0, 0.1) is 0 Å². The van der Waals surface area contributed by atoms with Gasteiger partial charge in [0.1, 0.15) is 0 Å². The van der Waals surface area contributed by atoms with E-state index in [9.17, 15) is 0 Å². The van der Waals surface area contributed by atoms with Gasteiger partial charge >= 0.3 is 17.1 Å². The molecule has 0 spiro atoms. The Morgan fingerprint density at radius 1 is 0.500 bits per heavy atom. The molecule has 18 heteroatoms. The van der Waals surface area contributed by atoms with Gasteiger partial charge in [0, 0.05) is 20.8 Å². The van der Waals surface area contributed by atoms with Crippen LogP contribution in [0.2, 0.25) is 0 Å². The van der Waals surface area contributed by atoms with Crippen molar-refractivity contribution in [1.82, 2.24) is 6.15 Å². The Kier molecular flexibility index (Phi) is 137. The molecule has 0 aromatic carbocycles. The van der Waals surface area contributed by atoms with Gasteiger partial charge in [0.05, 0.1) is 0 Å². The summed E-state index contributed by atoms with van der Waals surface area (Å²) in [6, 6.07) is 0. The molecule has 0 unspecified atom stereocenters. The van der Waals surface area contributed by atoms with Crippen LogP contribution >= 0.6 is 0 Å². The maximum Gasteiger partial charge on any atom is 3.00 e. The second-order valence-corrected chi connectivity index (χ2v) is 2.45. The number of hydrogen-bond acceptors (Lipinski definition) is 8. The van der Waals surface area contributed by atoms with Crippen LogP contribution in [-0.2, 0) is 37.9 Å². The van der Waals surface area contributed by atoms with Gasteiger partial charge in [-0.15, -0.1) is 0 Å². The van der Waals surface area contributed by atoms with Crippen molar-refractivity contribution in [3.8, 4) is 0 Å². The molecule has 0 fully saturated rings. The molecule has 0 aromatic rings. The topological polar surface area (TPSA) is 386 Å². The minimum absolute atomic E-state index is 0. The van der Waals surface area contributed by atoms with Crippen molar-refractivity contribution in [2.75, 3.05) is 0 Å². The standard InChI is InChI=1S/Fe.H3N.2H2O4S.6H2O/c;;2*1-5(2,3)4;;;;;;/h;1H3;2*(H2,1,2,3,4);6*1H2/q+3;;;;;;;;;/p-3. The molecule has 0 rings (SSSR count). The SMILES string of the molecule is O.O.O.O.O.O.O=S(=O)([O-])[O-].O=S(=O)([O-])[O-].[Fe+3].[NH4+]. The molecule has 125 valence electrons. The quantitative estimate of drug-likeness (QED) is 0.240. The maximum atomic E-state index is 8.52. The molecule has 0 amide bonds. The third-order valence-electron chi connectivity index (χ3n) is 0. The molecule has 0 aromatic heterocycles. The van der Waals surface area contributed by atoms with Crippen molar-refractivity contribution < 1.29 is 85.0 Å². The van der Waals surface area contributed by atoms with E-state index in [-0.39, 0.29) is 56.1 Å². The third-order valence-corrected chi connectivity index (χ3v) is 0. The van der Waals surface area contributed by atoms with Gasteiger partial charge in [-0.3, -0.25) is 16.8 Å². The Hall–Kier alpha value is -0.0205. The Balaban J connectivity index is -0.00000000615. The van der Waals surface area contributed by atoms with Gasteiger partial charge in [0.25, 0.3) is 0 Å². The van der Waals surface area contributed by atoms with Crippen LogP contribution in [0.3, 0.4) is 0 Å². The van der Waals surface area contributed by atoms with Gasteiger partial charge in [-0.25, -0.2) is 0 Å². The fourth-order valence-corrected chi connectivity index (χ4v) is 0. The van der Waals surface area contributed by atoms with Crippen LogP contribution in [0.4, 0.5) is 0 Å². The van der Waals surface area contributed by atoms with E-state index < -0.39 is 20.8 Å². The van der Waals surface area contributed by atoms with Gasteiger partial charge in [-0.1, -0.05) is 0 Å². The second-order valence-electron chi connectivity index (χ2n) is 0.816. The molecule has 0 aliphatic heterocycles. The summed E-state index contributed by atoms with van der Waals surface area (Å²) < 4.78 is 68.2. The first-order valence-corrected chi connectivity index (χ1v) is 4.00. The van der Waals surface area contributed by atoms with Crippen molar-refractivity contribution in [2.24, 2.45) is 0 Å². The molecule has 0 atom stereocenters. The Bertz CT molecular complexity index is 216. The average Bonchev–Trinajstić information content (AvgIpc) is 1.12. The van der Waals surface area contributed by atoms with Crippen LogP contribution in [0.25, 0.3) is 0 Å². The number of rotatable bonds is 0. The van der Waals surface area contributed by atoms with Crippen molar-refractivity contribution in [1.29, 1.82) is 0 Å². The van der Waals surface area contributed by atoms with Crippen LogP contribution in [-0.4, -0.2) is 67.9 Å². The van der Waals surface area contributed by atoms with E-state index in [0.717, 1.165) is 0 Å². The van der Waals surface area contributed by atoms with Crippen LogP contribution < -0.4 is 6.15 Å². The minimum Gasteiger partial charge on any atom is -0.759 e. The van der Waals surface area contributed by atoms with E-state index in [1.165, 1.54) is 0 Å². The third kappa shape index (κ3) is 8520000. The van der Waals surface area contributed by atoms with Crippen LogP contribution in [0.1, 0.15) is 0 Å². The first-order chi connectivity index (χ1) is 4.00. The summed E-state index contributed by atoms with van der Waals surface area (Å²) in [5, 5.41) is 0. The molecule has 0 aliphatic carbocycles. The predicted molar refractivity (Wildman–Crippen MR) is 48.6 cm³/mol.